The minimum atomic E-state index is 0.0886. The number of nitrogens with zero attached hydrogens (tertiary/aromatic N) is 4. The van der Waals surface area contributed by atoms with E-state index in [-0.39, 0.29) is 11.9 Å². The molecule has 2 aromatic heterocycles. The Balaban J connectivity index is 1.58. The van der Waals surface area contributed by atoms with Gasteiger partial charge in [0.1, 0.15) is 0 Å². The molecule has 0 unspecified atom stereocenters. The van der Waals surface area contributed by atoms with Crippen molar-refractivity contribution in [2.75, 3.05) is 6.54 Å². The molecular formula is C20H20N4O. The van der Waals surface area contributed by atoms with Crippen molar-refractivity contribution in [2.45, 2.75) is 25.3 Å². The number of hydrogen-bond acceptors (Lipinski definition) is 3. The van der Waals surface area contributed by atoms with Crippen LogP contribution in [0.25, 0.3) is 5.69 Å². The van der Waals surface area contributed by atoms with Crippen molar-refractivity contribution in [3.63, 3.8) is 0 Å². The first-order valence-electron chi connectivity index (χ1n) is 8.62. The number of rotatable bonds is 3. The minimum Gasteiger partial charge on any atom is -0.332 e. The fourth-order valence-corrected chi connectivity index (χ4v) is 3.45. The summed E-state index contributed by atoms with van der Waals surface area (Å²) in [5.41, 5.74) is 2.83. The van der Waals surface area contributed by atoms with Crippen LogP contribution in [0.3, 0.4) is 0 Å². The largest absolute Gasteiger partial charge is 0.332 e. The molecule has 1 aliphatic rings. The van der Waals surface area contributed by atoms with Crippen molar-refractivity contribution >= 4 is 5.91 Å². The average Bonchev–Trinajstić information content (AvgIpc) is 3.23. The van der Waals surface area contributed by atoms with Gasteiger partial charge in [-0.3, -0.25) is 9.78 Å². The van der Waals surface area contributed by atoms with Gasteiger partial charge in [0, 0.05) is 42.6 Å². The van der Waals surface area contributed by atoms with E-state index in [1.807, 2.05) is 52.2 Å². The number of imidazole rings is 1. The van der Waals surface area contributed by atoms with E-state index < -0.39 is 0 Å². The van der Waals surface area contributed by atoms with Crippen LogP contribution in [0.5, 0.6) is 0 Å². The van der Waals surface area contributed by atoms with Gasteiger partial charge in [-0.15, -0.1) is 0 Å². The quantitative estimate of drug-likeness (QED) is 0.736. The van der Waals surface area contributed by atoms with Crippen LogP contribution in [0.4, 0.5) is 0 Å². The summed E-state index contributed by atoms with van der Waals surface area (Å²) >= 11 is 0. The lowest BCUT2D eigenvalue weighted by atomic mass is 9.95. The van der Waals surface area contributed by atoms with Crippen molar-refractivity contribution in [1.29, 1.82) is 0 Å². The van der Waals surface area contributed by atoms with Crippen LogP contribution >= 0.6 is 0 Å². The van der Waals surface area contributed by atoms with Gasteiger partial charge in [-0.1, -0.05) is 6.07 Å². The topological polar surface area (TPSA) is 51.0 Å². The van der Waals surface area contributed by atoms with E-state index in [1.165, 1.54) is 0 Å². The minimum absolute atomic E-state index is 0.0886. The molecule has 0 bridgehead atoms. The van der Waals surface area contributed by atoms with Gasteiger partial charge < -0.3 is 9.47 Å². The summed E-state index contributed by atoms with van der Waals surface area (Å²) in [5.74, 6) is 0.0886. The van der Waals surface area contributed by atoms with Crippen LogP contribution in [0.2, 0.25) is 0 Å². The molecule has 0 radical (unpaired) electrons. The van der Waals surface area contributed by atoms with Crippen LogP contribution < -0.4 is 0 Å². The lowest BCUT2D eigenvalue weighted by molar-refractivity contribution is 0.0611. The van der Waals surface area contributed by atoms with Crippen LogP contribution in [0.1, 0.15) is 41.2 Å². The van der Waals surface area contributed by atoms with E-state index in [9.17, 15) is 4.79 Å². The maximum atomic E-state index is 13.1. The Labute approximate surface area is 147 Å². The molecule has 1 saturated heterocycles. The Morgan fingerprint density at radius 1 is 1.04 bits per heavy atom. The second kappa shape index (κ2) is 6.89. The third-order valence-electron chi connectivity index (χ3n) is 4.75. The zero-order chi connectivity index (χ0) is 17.1. The van der Waals surface area contributed by atoms with Gasteiger partial charge in [0.25, 0.3) is 5.91 Å². The van der Waals surface area contributed by atoms with Gasteiger partial charge in [-0.2, -0.15) is 0 Å². The van der Waals surface area contributed by atoms with Gasteiger partial charge >= 0.3 is 0 Å². The lowest BCUT2D eigenvalue weighted by Gasteiger charge is -2.36. The highest BCUT2D eigenvalue weighted by Crippen LogP contribution is 2.31. The molecule has 126 valence electrons. The summed E-state index contributed by atoms with van der Waals surface area (Å²) in [4.78, 5) is 23.3. The van der Waals surface area contributed by atoms with Gasteiger partial charge in [-0.25, -0.2) is 4.98 Å². The number of carbonyl (C=O) groups is 1. The molecule has 25 heavy (non-hydrogen) atoms. The molecule has 1 atom stereocenters. The Morgan fingerprint density at radius 3 is 2.64 bits per heavy atom. The maximum Gasteiger partial charge on any atom is 0.254 e. The highest BCUT2D eigenvalue weighted by atomic mass is 16.2. The first kappa shape index (κ1) is 15.6. The molecule has 0 saturated carbocycles. The smallest absolute Gasteiger partial charge is 0.254 e. The van der Waals surface area contributed by atoms with E-state index in [0.29, 0.717) is 0 Å². The lowest BCUT2D eigenvalue weighted by Crippen LogP contribution is -2.38. The predicted octanol–water partition coefficient (Wildman–Crippen LogP) is 3.63. The highest BCUT2D eigenvalue weighted by Gasteiger charge is 2.28. The summed E-state index contributed by atoms with van der Waals surface area (Å²) in [6.45, 7) is 0.793. The zero-order valence-corrected chi connectivity index (χ0v) is 14.0. The summed E-state index contributed by atoms with van der Waals surface area (Å²) in [5, 5.41) is 0. The maximum absolute atomic E-state index is 13.1. The van der Waals surface area contributed by atoms with Crippen LogP contribution in [0, 0.1) is 0 Å². The fraction of sp³-hybridized carbons (Fsp3) is 0.250. The van der Waals surface area contributed by atoms with E-state index in [1.54, 1.807) is 18.7 Å². The zero-order valence-electron chi connectivity index (χ0n) is 14.0. The van der Waals surface area contributed by atoms with E-state index in [2.05, 4.69) is 16.0 Å². The average molecular weight is 332 g/mol. The first-order chi connectivity index (χ1) is 12.3. The van der Waals surface area contributed by atoms with E-state index in [0.717, 1.165) is 42.6 Å². The van der Waals surface area contributed by atoms with Gasteiger partial charge in [-0.05, 0) is 55.2 Å². The van der Waals surface area contributed by atoms with Gasteiger partial charge in [0.2, 0.25) is 0 Å². The number of piperidine rings is 1. The van der Waals surface area contributed by atoms with Crippen LogP contribution in [-0.2, 0) is 0 Å². The SMILES string of the molecule is O=C(c1ccc(-n2ccnc2)cc1)N1CCCC[C@@H]1c1cccnc1. The normalized spacial score (nSPS) is 17.4. The van der Waals surface area contributed by atoms with Crippen molar-refractivity contribution in [3.05, 3.63) is 78.6 Å². The Kier molecular flexibility index (Phi) is 4.29. The summed E-state index contributed by atoms with van der Waals surface area (Å²) in [6.07, 6.45) is 12.2. The van der Waals surface area contributed by atoms with Crippen LogP contribution in [0.15, 0.2) is 67.5 Å². The molecule has 3 aromatic rings. The molecule has 4 rings (SSSR count). The van der Waals surface area contributed by atoms with Crippen LogP contribution in [-0.4, -0.2) is 31.9 Å². The Bertz CT molecular complexity index is 828. The summed E-state index contributed by atoms with van der Waals surface area (Å²) in [7, 11) is 0. The molecule has 0 N–H and O–H groups in total. The molecule has 1 amide bonds. The van der Waals surface area contributed by atoms with Gasteiger partial charge in [0.05, 0.1) is 12.4 Å². The summed E-state index contributed by atoms with van der Waals surface area (Å²) < 4.78 is 1.92. The number of carbonyl (C=O) groups excluding carboxylic acids is 1. The second-order valence-electron chi connectivity index (χ2n) is 6.31. The Morgan fingerprint density at radius 2 is 1.92 bits per heavy atom. The Hall–Kier alpha value is -2.95. The highest BCUT2D eigenvalue weighted by molar-refractivity contribution is 5.94. The third kappa shape index (κ3) is 3.18. The molecule has 5 nitrogen and oxygen atoms in total. The van der Waals surface area contributed by atoms with Crippen molar-refractivity contribution in [1.82, 2.24) is 19.4 Å². The van der Waals surface area contributed by atoms with E-state index in [4.69, 9.17) is 0 Å². The molecule has 0 aliphatic carbocycles. The number of pyridine rings is 1. The monoisotopic (exact) mass is 332 g/mol. The van der Waals surface area contributed by atoms with Crippen molar-refractivity contribution in [3.8, 4) is 5.69 Å². The van der Waals surface area contributed by atoms with Crippen molar-refractivity contribution in [2.24, 2.45) is 0 Å². The molecule has 5 heteroatoms. The standard InChI is InChI=1S/C20H20N4O/c25-20(16-6-8-18(9-7-16)23-13-11-22-15-23)24-12-2-1-5-19(24)17-4-3-10-21-14-17/h3-4,6-11,13-15,19H,1-2,5,12H2/t19-/m1/s1. The molecule has 1 aromatic carbocycles. The van der Waals surface area contributed by atoms with Crippen molar-refractivity contribution < 1.29 is 4.79 Å². The number of amides is 1. The predicted molar refractivity (Wildman–Crippen MR) is 95.4 cm³/mol. The van der Waals surface area contributed by atoms with E-state index >= 15 is 0 Å². The molecule has 1 aliphatic heterocycles. The fourth-order valence-electron chi connectivity index (χ4n) is 3.45. The summed E-state index contributed by atoms with van der Waals surface area (Å²) in [6, 6.07) is 11.8. The number of aromatic nitrogens is 3. The number of likely N-dealkylation sites (tertiary alicyclic amines) is 1. The number of hydrogen-bond donors (Lipinski definition) is 0. The molecular weight excluding hydrogens is 312 g/mol. The second-order valence-corrected chi connectivity index (χ2v) is 6.31. The first-order valence-corrected chi connectivity index (χ1v) is 8.62. The third-order valence-corrected chi connectivity index (χ3v) is 4.75. The number of benzene rings is 1. The molecule has 0 spiro atoms. The van der Waals surface area contributed by atoms with Gasteiger partial charge in [0.15, 0.2) is 0 Å². The molecule has 3 heterocycles. The molecule has 1 fully saturated rings.